The van der Waals surface area contributed by atoms with E-state index in [-0.39, 0.29) is 5.92 Å². The van der Waals surface area contributed by atoms with Gasteiger partial charge in [-0.2, -0.15) is 0 Å². The number of hydrogen-bond donors (Lipinski definition) is 1. The Morgan fingerprint density at radius 1 is 1.60 bits per heavy atom. The molecule has 0 rings (SSSR count). The second-order valence-electron chi connectivity index (χ2n) is 2.27. The van der Waals surface area contributed by atoms with Gasteiger partial charge in [0.1, 0.15) is 0 Å². The van der Waals surface area contributed by atoms with E-state index in [1.54, 1.807) is 13.8 Å². The third kappa shape index (κ3) is 2.53. The van der Waals surface area contributed by atoms with Crippen molar-refractivity contribution in [2.75, 3.05) is 7.11 Å². The number of aliphatic carboxylic acids is 1. The lowest BCUT2D eigenvalue weighted by Gasteiger charge is -2.03. The highest BCUT2D eigenvalue weighted by Crippen LogP contribution is 2.08. The predicted octanol–water partition coefficient (Wildman–Crippen LogP) is 1.26. The lowest BCUT2D eigenvalue weighted by Crippen LogP contribution is -2.07. The number of carbonyl (C=O) groups is 1. The van der Waals surface area contributed by atoms with Crippen LogP contribution in [-0.4, -0.2) is 18.2 Å². The Labute approximate surface area is 60.3 Å². The van der Waals surface area contributed by atoms with Crippen LogP contribution in [0.15, 0.2) is 11.8 Å². The van der Waals surface area contributed by atoms with Gasteiger partial charge in [0.15, 0.2) is 0 Å². The summed E-state index contributed by atoms with van der Waals surface area (Å²) in [5.41, 5.74) is 0.294. The van der Waals surface area contributed by atoms with Crippen LogP contribution in [0.25, 0.3) is 0 Å². The van der Waals surface area contributed by atoms with Crippen LogP contribution in [0.3, 0.4) is 0 Å². The molecule has 10 heavy (non-hydrogen) atoms. The van der Waals surface area contributed by atoms with Gasteiger partial charge in [-0.3, -0.25) is 0 Å². The van der Waals surface area contributed by atoms with Gasteiger partial charge in [-0.1, -0.05) is 13.8 Å². The van der Waals surface area contributed by atoms with E-state index < -0.39 is 5.97 Å². The highest BCUT2D eigenvalue weighted by atomic mass is 16.5. The first kappa shape index (κ1) is 9.01. The van der Waals surface area contributed by atoms with E-state index in [0.717, 1.165) is 0 Å². The molecule has 0 bridgehead atoms. The first-order chi connectivity index (χ1) is 4.59. The van der Waals surface area contributed by atoms with Gasteiger partial charge >= 0.3 is 5.97 Å². The van der Waals surface area contributed by atoms with Crippen molar-refractivity contribution in [2.45, 2.75) is 13.8 Å². The Kier molecular flexibility index (Phi) is 3.54. The fourth-order valence-electron chi connectivity index (χ4n) is 0.560. The maximum atomic E-state index is 10.4. The highest BCUT2D eigenvalue weighted by molar-refractivity contribution is 5.86. The Balaban J connectivity index is 4.27. The molecule has 0 radical (unpaired) electrons. The summed E-state index contributed by atoms with van der Waals surface area (Å²) in [6.07, 6.45) is 1.26. The van der Waals surface area contributed by atoms with E-state index >= 15 is 0 Å². The average Bonchev–Trinajstić information content (AvgIpc) is 1.81. The van der Waals surface area contributed by atoms with Gasteiger partial charge in [-0.05, 0) is 5.92 Å². The van der Waals surface area contributed by atoms with Crippen LogP contribution >= 0.6 is 0 Å². The number of carboxylic acids is 1. The van der Waals surface area contributed by atoms with Crippen molar-refractivity contribution in [3.8, 4) is 0 Å². The van der Waals surface area contributed by atoms with Crippen molar-refractivity contribution >= 4 is 5.97 Å². The van der Waals surface area contributed by atoms with Crippen molar-refractivity contribution in [3.05, 3.63) is 11.8 Å². The number of hydrogen-bond acceptors (Lipinski definition) is 2. The van der Waals surface area contributed by atoms with Gasteiger partial charge in [0.2, 0.25) is 0 Å². The molecule has 0 aromatic rings. The minimum Gasteiger partial charge on any atom is -0.504 e. The molecule has 0 unspecified atom stereocenters. The predicted molar refractivity (Wildman–Crippen MR) is 37.6 cm³/mol. The Morgan fingerprint density at radius 2 is 2.10 bits per heavy atom. The zero-order valence-corrected chi connectivity index (χ0v) is 6.42. The molecule has 58 valence electrons. The molecular weight excluding hydrogens is 132 g/mol. The smallest absolute Gasteiger partial charge is 0.334 e. The van der Waals surface area contributed by atoms with Crippen LogP contribution in [-0.2, 0) is 9.53 Å². The molecular formula is C7H12O3. The summed E-state index contributed by atoms with van der Waals surface area (Å²) in [5, 5.41) is 8.53. The molecule has 3 nitrogen and oxygen atoms in total. The zero-order chi connectivity index (χ0) is 8.15. The Bertz CT molecular complexity index is 147. The summed E-state index contributed by atoms with van der Waals surface area (Å²) in [6, 6.07) is 0. The third-order valence-electron chi connectivity index (χ3n) is 1.11. The van der Waals surface area contributed by atoms with Crippen LogP contribution in [0.2, 0.25) is 0 Å². The molecule has 0 aliphatic rings. The maximum absolute atomic E-state index is 10.4. The summed E-state index contributed by atoms with van der Waals surface area (Å²) < 4.78 is 4.58. The van der Waals surface area contributed by atoms with E-state index in [9.17, 15) is 4.79 Å². The van der Waals surface area contributed by atoms with E-state index in [4.69, 9.17) is 5.11 Å². The number of rotatable bonds is 3. The minimum absolute atomic E-state index is 0.00236. The zero-order valence-electron chi connectivity index (χ0n) is 6.42. The molecule has 0 fully saturated rings. The molecule has 0 amide bonds. The fourth-order valence-corrected chi connectivity index (χ4v) is 0.560. The normalized spacial score (nSPS) is 11.8. The minimum atomic E-state index is -0.920. The molecule has 0 aromatic carbocycles. The van der Waals surface area contributed by atoms with E-state index in [2.05, 4.69) is 4.74 Å². The first-order valence-electron chi connectivity index (χ1n) is 3.05. The molecule has 0 heterocycles. The molecule has 1 N–H and O–H groups in total. The van der Waals surface area contributed by atoms with Crippen LogP contribution in [0.4, 0.5) is 0 Å². The lowest BCUT2D eigenvalue weighted by molar-refractivity contribution is -0.133. The van der Waals surface area contributed by atoms with Crippen molar-refractivity contribution in [1.29, 1.82) is 0 Å². The lowest BCUT2D eigenvalue weighted by atomic mass is 10.1. The standard InChI is InChI=1S/C7H12O3/c1-5(2)6(4-10-3)7(8)9/h4-5H,1-3H3,(H,8,9)/b6-4+. The molecule has 0 spiro atoms. The summed E-state index contributed by atoms with van der Waals surface area (Å²) in [5.74, 6) is -0.922. The van der Waals surface area contributed by atoms with Gasteiger partial charge in [-0.15, -0.1) is 0 Å². The second kappa shape index (κ2) is 3.93. The van der Waals surface area contributed by atoms with Crippen molar-refractivity contribution in [3.63, 3.8) is 0 Å². The molecule has 0 atom stereocenters. The van der Waals surface area contributed by atoms with E-state index in [1.165, 1.54) is 13.4 Å². The van der Waals surface area contributed by atoms with Crippen LogP contribution in [0, 0.1) is 5.92 Å². The quantitative estimate of drug-likeness (QED) is 0.479. The third-order valence-corrected chi connectivity index (χ3v) is 1.11. The van der Waals surface area contributed by atoms with E-state index in [0.29, 0.717) is 5.57 Å². The monoisotopic (exact) mass is 144 g/mol. The Hall–Kier alpha value is -0.990. The Morgan fingerprint density at radius 3 is 2.20 bits per heavy atom. The summed E-state index contributed by atoms with van der Waals surface area (Å²) >= 11 is 0. The largest absolute Gasteiger partial charge is 0.504 e. The highest BCUT2D eigenvalue weighted by Gasteiger charge is 2.11. The van der Waals surface area contributed by atoms with Gasteiger partial charge < -0.3 is 9.84 Å². The van der Waals surface area contributed by atoms with Gasteiger partial charge in [0.25, 0.3) is 0 Å². The van der Waals surface area contributed by atoms with Crippen LogP contribution < -0.4 is 0 Å². The molecule has 0 aliphatic carbocycles. The van der Waals surface area contributed by atoms with Crippen LogP contribution in [0.5, 0.6) is 0 Å². The first-order valence-corrected chi connectivity index (χ1v) is 3.05. The molecule has 0 saturated heterocycles. The number of carboxylic acid groups (broad SMARTS) is 1. The van der Waals surface area contributed by atoms with Crippen molar-refractivity contribution in [2.24, 2.45) is 5.92 Å². The van der Waals surface area contributed by atoms with Crippen molar-refractivity contribution < 1.29 is 14.6 Å². The summed E-state index contributed by atoms with van der Waals surface area (Å²) in [7, 11) is 1.44. The van der Waals surface area contributed by atoms with Crippen molar-refractivity contribution in [1.82, 2.24) is 0 Å². The molecule has 0 aromatic heterocycles. The van der Waals surface area contributed by atoms with Gasteiger partial charge in [-0.25, -0.2) is 4.79 Å². The maximum Gasteiger partial charge on any atom is 0.334 e. The average molecular weight is 144 g/mol. The molecule has 3 heteroatoms. The van der Waals surface area contributed by atoms with E-state index in [1.807, 2.05) is 0 Å². The second-order valence-corrected chi connectivity index (χ2v) is 2.27. The van der Waals surface area contributed by atoms with Crippen LogP contribution in [0.1, 0.15) is 13.8 Å². The SMILES string of the molecule is CO/C=C(/C(=O)O)C(C)C. The summed E-state index contributed by atoms with van der Waals surface area (Å²) in [6.45, 7) is 3.61. The fraction of sp³-hybridized carbons (Fsp3) is 0.571. The number of methoxy groups -OCH3 is 1. The number of ether oxygens (including phenoxy) is 1. The topological polar surface area (TPSA) is 46.5 Å². The van der Waals surface area contributed by atoms with Gasteiger partial charge in [0, 0.05) is 0 Å². The van der Waals surface area contributed by atoms with Gasteiger partial charge in [0.05, 0.1) is 18.9 Å². The molecule has 0 saturated carbocycles. The molecule has 0 aliphatic heterocycles. The summed E-state index contributed by atoms with van der Waals surface area (Å²) in [4.78, 5) is 10.4.